The van der Waals surface area contributed by atoms with Crippen molar-refractivity contribution in [2.24, 2.45) is 0 Å². The van der Waals surface area contributed by atoms with Crippen molar-refractivity contribution in [3.8, 4) is 0 Å². The van der Waals surface area contributed by atoms with Gasteiger partial charge in [0.15, 0.2) is 9.84 Å². The fourth-order valence-corrected chi connectivity index (χ4v) is 2.52. The Labute approximate surface area is 103 Å². The molecule has 0 atom stereocenters. The molecule has 0 radical (unpaired) electrons. The van der Waals surface area contributed by atoms with Crippen molar-refractivity contribution < 1.29 is 8.42 Å². The summed E-state index contributed by atoms with van der Waals surface area (Å²) in [6.07, 6.45) is 3.18. The zero-order valence-corrected chi connectivity index (χ0v) is 11.0. The minimum absolute atomic E-state index is 0.0125. The quantitative estimate of drug-likeness (QED) is 0.633. The molecular weight excluding hydrogens is 300 g/mol. The van der Waals surface area contributed by atoms with Crippen LogP contribution in [0.5, 0.6) is 0 Å². The van der Waals surface area contributed by atoms with Crippen LogP contribution in [-0.4, -0.2) is 20.1 Å². The lowest BCUT2D eigenvalue weighted by Gasteiger charge is -2.00. The molecular formula is C10H10BrClO2S. The number of hydrogen-bond acceptors (Lipinski definition) is 2. The van der Waals surface area contributed by atoms with E-state index in [9.17, 15) is 8.42 Å². The highest BCUT2D eigenvalue weighted by Gasteiger charge is 2.11. The Bertz CT molecular complexity index is 437. The predicted octanol–water partition coefficient (Wildman–Crippen LogP) is 3.02. The first-order valence-corrected chi connectivity index (χ1v) is 7.23. The van der Waals surface area contributed by atoms with Gasteiger partial charge in [0, 0.05) is 10.4 Å². The molecule has 5 heteroatoms. The molecule has 0 aromatic heterocycles. The Morgan fingerprint density at radius 2 is 1.80 bits per heavy atom. The third-order valence-corrected chi connectivity index (χ3v) is 4.07. The minimum atomic E-state index is -3.22. The number of alkyl halides is 1. The van der Waals surface area contributed by atoms with Gasteiger partial charge in [-0.05, 0) is 24.3 Å². The van der Waals surface area contributed by atoms with Crippen LogP contribution in [0.15, 0.2) is 45.8 Å². The lowest BCUT2D eigenvalue weighted by Crippen LogP contribution is -2.04. The molecule has 1 aromatic rings. The third-order valence-electron chi connectivity index (χ3n) is 1.74. The molecule has 0 heterocycles. The molecule has 2 nitrogen and oxygen atoms in total. The third kappa shape index (κ3) is 3.97. The lowest BCUT2D eigenvalue weighted by molar-refractivity contribution is 0.599. The molecule has 1 rings (SSSR count). The number of hydrogen-bond donors (Lipinski definition) is 0. The zero-order chi connectivity index (χ0) is 11.3. The summed E-state index contributed by atoms with van der Waals surface area (Å²) in [5, 5.41) is 0. The molecule has 0 amide bonds. The van der Waals surface area contributed by atoms with E-state index in [1.54, 1.807) is 36.4 Å². The fraction of sp³-hybridized carbons (Fsp3) is 0.200. The van der Waals surface area contributed by atoms with Gasteiger partial charge in [-0.1, -0.05) is 28.1 Å². The molecule has 0 aliphatic rings. The molecule has 0 aliphatic carbocycles. The van der Waals surface area contributed by atoms with E-state index in [1.165, 1.54) is 0 Å². The molecule has 0 bridgehead atoms. The van der Waals surface area contributed by atoms with Crippen LogP contribution in [-0.2, 0) is 9.84 Å². The van der Waals surface area contributed by atoms with Crippen molar-refractivity contribution in [1.82, 2.24) is 0 Å². The molecule has 15 heavy (non-hydrogen) atoms. The second kappa shape index (κ2) is 5.68. The molecule has 0 saturated heterocycles. The second-order valence-electron chi connectivity index (χ2n) is 2.86. The minimum Gasteiger partial charge on any atom is -0.223 e. The van der Waals surface area contributed by atoms with E-state index in [0.29, 0.717) is 10.8 Å². The number of rotatable bonds is 4. The largest absolute Gasteiger partial charge is 0.223 e. The Hall–Kier alpha value is -0.320. The monoisotopic (exact) mass is 308 g/mol. The van der Waals surface area contributed by atoms with Crippen LogP contribution in [0, 0.1) is 0 Å². The second-order valence-corrected chi connectivity index (χ2v) is 6.12. The molecule has 0 fully saturated rings. The van der Waals surface area contributed by atoms with Gasteiger partial charge < -0.3 is 0 Å². The van der Waals surface area contributed by atoms with E-state index in [2.05, 4.69) is 15.9 Å². The van der Waals surface area contributed by atoms with E-state index in [1.807, 2.05) is 0 Å². The molecule has 82 valence electrons. The first-order valence-electron chi connectivity index (χ1n) is 4.25. The Morgan fingerprint density at radius 1 is 1.20 bits per heavy atom. The summed E-state index contributed by atoms with van der Waals surface area (Å²) < 4.78 is 24.3. The number of allylic oxidation sites excluding steroid dienone is 1. The van der Waals surface area contributed by atoms with E-state index in [-0.39, 0.29) is 5.75 Å². The summed E-state index contributed by atoms with van der Waals surface area (Å²) >= 11 is 8.66. The van der Waals surface area contributed by atoms with Crippen molar-refractivity contribution in [2.45, 2.75) is 4.90 Å². The van der Waals surface area contributed by atoms with Crippen molar-refractivity contribution in [3.05, 3.63) is 40.9 Å². The van der Waals surface area contributed by atoms with Crippen LogP contribution in [0.25, 0.3) is 0 Å². The smallest absolute Gasteiger partial charge is 0.181 e. The van der Waals surface area contributed by atoms with Gasteiger partial charge in [-0.3, -0.25) is 0 Å². The highest BCUT2D eigenvalue weighted by atomic mass is 79.9. The SMILES string of the molecule is O=S(=O)(C/C=C/CCl)c1ccc(Br)cc1. The van der Waals surface area contributed by atoms with Crippen LogP contribution in [0.3, 0.4) is 0 Å². The summed E-state index contributed by atoms with van der Waals surface area (Å²) in [6.45, 7) is 0. The normalized spacial score (nSPS) is 12.1. The summed E-state index contributed by atoms with van der Waals surface area (Å²) in [4.78, 5) is 0.324. The first kappa shape index (κ1) is 12.7. The Kier molecular flexibility index (Phi) is 4.83. The number of benzene rings is 1. The molecule has 1 aromatic carbocycles. The predicted molar refractivity (Wildman–Crippen MR) is 66.1 cm³/mol. The highest BCUT2D eigenvalue weighted by Crippen LogP contribution is 2.15. The fourth-order valence-electron chi connectivity index (χ4n) is 0.996. The molecule has 0 aliphatic heterocycles. The van der Waals surface area contributed by atoms with Gasteiger partial charge >= 0.3 is 0 Å². The molecule has 0 saturated carbocycles. The highest BCUT2D eigenvalue weighted by molar-refractivity contribution is 9.10. The van der Waals surface area contributed by atoms with Crippen LogP contribution >= 0.6 is 27.5 Å². The molecule has 0 N–H and O–H groups in total. The Morgan fingerprint density at radius 3 is 2.33 bits per heavy atom. The summed E-state index contributed by atoms with van der Waals surface area (Å²) in [6, 6.07) is 6.57. The van der Waals surface area contributed by atoms with E-state index < -0.39 is 9.84 Å². The van der Waals surface area contributed by atoms with Crippen LogP contribution in [0.2, 0.25) is 0 Å². The van der Waals surface area contributed by atoms with Gasteiger partial charge in [-0.25, -0.2) is 8.42 Å². The van der Waals surface area contributed by atoms with E-state index in [4.69, 9.17) is 11.6 Å². The van der Waals surface area contributed by atoms with Crippen molar-refractivity contribution in [1.29, 1.82) is 0 Å². The van der Waals surface area contributed by atoms with Gasteiger partial charge in [0.1, 0.15) is 0 Å². The van der Waals surface area contributed by atoms with Crippen molar-refractivity contribution >= 4 is 37.4 Å². The summed E-state index contributed by atoms with van der Waals surface area (Å²) in [5.74, 6) is 0.317. The van der Waals surface area contributed by atoms with Crippen LogP contribution < -0.4 is 0 Å². The summed E-state index contributed by atoms with van der Waals surface area (Å²) in [5.41, 5.74) is 0. The van der Waals surface area contributed by atoms with E-state index in [0.717, 1.165) is 4.47 Å². The van der Waals surface area contributed by atoms with Gasteiger partial charge in [0.25, 0.3) is 0 Å². The van der Waals surface area contributed by atoms with Gasteiger partial charge in [0.2, 0.25) is 0 Å². The Balaban J connectivity index is 2.87. The van der Waals surface area contributed by atoms with Gasteiger partial charge in [-0.2, -0.15) is 0 Å². The molecule has 0 unspecified atom stereocenters. The lowest BCUT2D eigenvalue weighted by atomic mass is 10.4. The average Bonchev–Trinajstić information content (AvgIpc) is 2.18. The van der Waals surface area contributed by atoms with Gasteiger partial charge in [0.05, 0.1) is 10.6 Å². The number of halogens is 2. The molecule has 0 spiro atoms. The van der Waals surface area contributed by atoms with Crippen LogP contribution in [0.1, 0.15) is 0 Å². The zero-order valence-electron chi connectivity index (χ0n) is 7.86. The maximum absolute atomic E-state index is 11.7. The maximum Gasteiger partial charge on any atom is 0.181 e. The standard InChI is InChI=1S/C10H10BrClO2S/c11-9-3-5-10(6-4-9)15(13,14)8-2-1-7-12/h1-6H,7-8H2/b2-1+. The maximum atomic E-state index is 11.7. The number of sulfone groups is 1. The van der Waals surface area contributed by atoms with Gasteiger partial charge in [-0.15, -0.1) is 11.6 Å². The van der Waals surface area contributed by atoms with Crippen molar-refractivity contribution in [3.63, 3.8) is 0 Å². The average molecular weight is 310 g/mol. The summed E-state index contributed by atoms with van der Waals surface area (Å²) in [7, 11) is -3.22. The van der Waals surface area contributed by atoms with Crippen LogP contribution in [0.4, 0.5) is 0 Å². The van der Waals surface area contributed by atoms with Crippen molar-refractivity contribution in [2.75, 3.05) is 11.6 Å². The first-order chi connectivity index (χ1) is 7.06. The topological polar surface area (TPSA) is 34.1 Å². The van der Waals surface area contributed by atoms with E-state index >= 15 is 0 Å².